The van der Waals surface area contributed by atoms with E-state index in [4.69, 9.17) is 23.2 Å². The van der Waals surface area contributed by atoms with Crippen molar-refractivity contribution in [1.29, 1.82) is 0 Å². The molecule has 28 heavy (non-hydrogen) atoms. The van der Waals surface area contributed by atoms with Gasteiger partial charge in [0.1, 0.15) is 0 Å². The fourth-order valence-corrected chi connectivity index (χ4v) is 5.02. The van der Waals surface area contributed by atoms with Gasteiger partial charge in [-0.2, -0.15) is 0 Å². The molecule has 2 unspecified atom stereocenters. The number of amides is 2. The molecule has 2 aliphatic heterocycles. The van der Waals surface area contributed by atoms with Crippen LogP contribution >= 0.6 is 23.2 Å². The molecule has 150 valence electrons. The van der Waals surface area contributed by atoms with Crippen molar-refractivity contribution in [1.82, 2.24) is 9.80 Å². The van der Waals surface area contributed by atoms with Gasteiger partial charge in [0.2, 0.25) is 11.8 Å². The molecule has 0 N–H and O–H groups in total. The van der Waals surface area contributed by atoms with Gasteiger partial charge in [-0.05, 0) is 44.0 Å². The standard InChI is InChI=1S/C21H25Cl2N3O2/c22-15-6-7-19(18(23)14-15)25-12-10-24(11-13-25)8-3-9-26-20(27)16-4-1-2-5-17(16)21(26)28/h1-2,6-7,14,16-17H,3-5,8-13H2. The Morgan fingerprint density at radius 1 is 0.893 bits per heavy atom. The van der Waals surface area contributed by atoms with Gasteiger partial charge in [-0.1, -0.05) is 35.4 Å². The molecule has 0 radical (unpaired) electrons. The molecule has 7 heteroatoms. The predicted molar refractivity (Wildman–Crippen MR) is 112 cm³/mol. The first-order chi connectivity index (χ1) is 13.5. The van der Waals surface area contributed by atoms with E-state index in [1.165, 1.54) is 4.90 Å². The molecule has 4 rings (SSSR count). The summed E-state index contributed by atoms with van der Waals surface area (Å²) < 4.78 is 0. The van der Waals surface area contributed by atoms with Gasteiger partial charge in [0.25, 0.3) is 0 Å². The molecule has 5 nitrogen and oxygen atoms in total. The number of piperazine rings is 1. The van der Waals surface area contributed by atoms with Gasteiger partial charge in [0, 0.05) is 37.7 Å². The third-order valence-electron chi connectivity index (χ3n) is 6.08. The number of nitrogens with zero attached hydrogens (tertiary/aromatic N) is 3. The van der Waals surface area contributed by atoms with Crippen LogP contribution in [-0.4, -0.2) is 60.9 Å². The minimum Gasteiger partial charge on any atom is -0.368 e. The highest BCUT2D eigenvalue weighted by atomic mass is 35.5. The van der Waals surface area contributed by atoms with E-state index in [-0.39, 0.29) is 23.7 Å². The van der Waals surface area contributed by atoms with Gasteiger partial charge >= 0.3 is 0 Å². The molecular weight excluding hydrogens is 397 g/mol. The Morgan fingerprint density at radius 2 is 1.54 bits per heavy atom. The summed E-state index contributed by atoms with van der Waals surface area (Å²) in [4.78, 5) is 31.2. The lowest BCUT2D eigenvalue weighted by Crippen LogP contribution is -2.47. The molecule has 1 aliphatic carbocycles. The van der Waals surface area contributed by atoms with Crippen LogP contribution in [0.4, 0.5) is 5.69 Å². The molecule has 0 saturated carbocycles. The number of fused-ring (bicyclic) bond motifs is 1. The molecular formula is C21H25Cl2N3O2. The second-order valence-electron chi connectivity index (χ2n) is 7.76. The van der Waals surface area contributed by atoms with E-state index in [2.05, 4.69) is 9.80 Å². The molecule has 0 aromatic heterocycles. The number of allylic oxidation sites excluding steroid dienone is 2. The van der Waals surface area contributed by atoms with E-state index in [1.807, 2.05) is 24.3 Å². The highest BCUT2D eigenvalue weighted by Crippen LogP contribution is 2.35. The van der Waals surface area contributed by atoms with Gasteiger partial charge in [-0.3, -0.25) is 19.4 Å². The van der Waals surface area contributed by atoms with Crippen LogP contribution in [0, 0.1) is 11.8 Å². The molecule has 3 aliphatic rings. The number of carbonyl (C=O) groups is 2. The maximum Gasteiger partial charge on any atom is 0.233 e. The molecule has 1 aromatic rings. The van der Waals surface area contributed by atoms with E-state index in [9.17, 15) is 9.59 Å². The number of likely N-dealkylation sites (tertiary alicyclic amines) is 1. The Kier molecular flexibility index (Phi) is 5.95. The van der Waals surface area contributed by atoms with Crippen LogP contribution in [0.1, 0.15) is 19.3 Å². The lowest BCUT2D eigenvalue weighted by Gasteiger charge is -2.36. The van der Waals surface area contributed by atoms with Gasteiger partial charge in [0.15, 0.2) is 0 Å². The fourth-order valence-electron chi connectivity index (χ4n) is 4.49. The maximum atomic E-state index is 12.5. The number of anilines is 1. The summed E-state index contributed by atoms with van der Waals surface area (Å²) in [6, 6.07) is 5.62. The normalized spacial score (nSPS) is 25.5. The average molecular weight is 422 g/mol. The summed E-state index contributed by atoms with van der Waals surface area (Å²) in [5, 5.41) is 1.33. The van der Waals surface area contributed by atoms with Gasteiger partial charge < -0.3 is 4.90 Å². The fraction of sp³-hybridized carbons (Fsp3) is 0.524. The van der Waals surface area contributed by atoms with Crippen molar-refractivity contribution in [3.63, 3.8) is 0 Å². The third-order valence-corrected chi connectivity index (χ3v) is 6.62. The Labute approximate surface area is 175 Å². The van der Waals surface area contributed by atoms with E-state index in [1.54, 1.807) is 6.07 Å². The van der Waals surface area contributed by atoms with Crippen LogP contribution in [0.3, 0.4) is 0 Å². The van der Waals surface area contributed by atoms with E-state index in [0.717, 1.165) is 44.8 Å². The summed E-state index contributed by atoms with van der Waals surface area (Å²) in [7, 11) is 0. The summed E-state index contributed by atoms with van der Waals surface area (Å²) in [5.74, 6) is -0.182. The maximum absolute atomic E-state index is 12.5. The van der Waals surface area contributed by atoms with Crippen molar-refractivity contribution in [3.05, 3.63) is 40.4 Å². The molecule has 0 spiro atoms. The summed E-state index contributed by atoms with van der Waals surface area (Å²) in [5.41, 5.74) is 1.02. The van der Waals surface area contributed by atoms with Gasteiger partial charge in [0.05, 0.1) is 22.5 Å². The highest BCUT2D eigenvalue weighted by Gasteiger charge is 2.46. The lowest BCUT2D eigenvalue weighted by atomic mass is 9.85. The third kappa shape index (κ3) is 3.93. The number of halogens is 2. The minimum atomic E-state index is -0.120. The Balaban J connectivity index is 1.24. The van der Waals surface area contributed by atoms with Gasteiger partial charge in [-0.15, -0.1) is 0 Å². The zero-order valence-electron chi connectivity index (χ0n) is 15.8. The number of hydrogen-bond acceptors (Lipinski definition) is 4. The van der Waals surface area contributed by atoms with Crippen LogP contribution < -0.4 is 4.90 Å². The first kappa shape index (κ1) is 19.7. The van der Waals surface area contributed by atoms with Crippen LogP contribution in [0.15, 0.2) is 30.4 Å². The van der Waals surface area contributed by atoms with E-state index < -0.39 is 0 Å². The van der Waals surface area contributed by atoms with Crippen molar-refractivity contribution in [2.75, 3.05) is 44.2 Å². The van der Waals surface area contributed by atoms with Crippen LogP contribution in [-0.2, 0) is 9.59 Å². The summed E-state index contributed by atoms with van der Waals surface area (Å²) >= 11 is 12.3. The molecule has 2 saturated heterocycles. The van der Waals surface area contributed by atoms with Crippen molar-refractivity contribution >= 4 is 40.7 Å². The van der Waals surface area contributed by atoms with E-state index in [0.29, 0.717) is 29.4 Å². The van der Waals surface area contributed by atoms with Crippen LogP contribution in [0.25, 0.3) is 0 Å². The number of benzene rings is 1. The monoisotopic (exact) mass is 421 g/mol. The zero-order chi connectivity index (χ0) is 19.7. The summed E-state index contributed by atoms with van der Waals surface area (Å²) in [6.45, 7) is 5.12. The number of imide groups is 1. The molecule has 2 fully saturated rings. The van der Waals surface area contributed by atoms with Crippen molar-refractivity contribution in [2.45, 2.75) is 19.3 Å². The molecule has 2 amide bonds. The Hall–Kier alpha value is -1.56. The number of rotatable bonds is 5. The molecule has 2 atom stereocenters. The first-order valence-corrected chi connectivity index (χ1v) is 10.7. The number of hydrogen-bond donors (Lipinski definition) is 0. The molecule has 2 heterocycles. The SMILES string of the molecule is O=C1C2CC=CCC2C(=O)N1CCCN1CCN(c2ccc(Cl)cc2Cl)CC1. The number of carbonyl (C=O) groups excluding carboxylic acids is 2. The first-order valence-electron chi connectivity index (χ1n) is 9.97. The zero-order valence-corrected chi connectivity index (χ0v) is 17.3. The molecule has 0 bridgehead atoms. The van der Waals surface area contributed by atoms with Crippen molar-refractivity contribution < 1.29 is 9.59 Å². The van der Waals surface area contributed by atoms with Crippen LogP contribution in [0.5, 0.6) is 0 Å². The van der Waals surface area contributed by atoms with Crippen molar-refractivity contribution in [3.8, 4) is 0 Å². The van der Waals surface area contributed by atoms with E-state index >= 15 is 0 Å². The minimum absolute atomic E-state index is 0.0292. The largest absolute Gasteiger partial charge is 0.368 e. The topological polar surface area (TPSA) is 43.9 Å². The van der Waals surface area contributed by atoms with Gasteiger partial charge in [-0.25, -0.2) is 0 Å². The Morgan fingerprint density at radius 3 is 2.14 bits per heavy atom. The Bertz CT molecular complexity index is 764. The second kappa shape index (κ2) is 8.44. The highest BCUT2D eigenvalue weighted by molar-refractivity contribution is 6.36. The lowest BCUT2D eigenvalue weighted by molar-refractivity contribution is -0.140. The predicted octanol–water partition coefficient (Wildman–Crippen LogP) is 3.46. The quantitative estimate of drug-likeness (QED) is 0.539. The second-order valence-corrected chi connectivity index (χ2v) is 8.61. The average Bonchev–Trinajstić information content (AvgIpc) is 2.94. The smallest absolute Gasteiger partial charge is 0.233 e. The summed E-state index contributed by atoms with van der Waals surface area (Å²) in [6.07, 6.45) is 6.30. The van der Waals surface area contributed by atoms with Crippen LogP contribution in [0.2, 0.25) is 10.0 Å². The van der Waals surface area contributed by atoms with Crippen molar-refractivity contribution in [2.24, 2.45) is 11.8 Å². The molecule has 1 aromatic carbocycles.